The average molecular weight is 276 g/mol. The van der Waals surface area contributed by atoms with Gasteiger partial charge in [0.05, 0.1) is 0 Å². The van der Waals surface area contributed by atoms with Crippen molar-refractivity contribution in [3.05, 3.63) is 33.8 Å². The van der Waals surface area contributed by atoms with Crippen molar-refractivity contribution in [2.45, 2.75) is 25.4 Å². The van der Waals surface area contributed by atoms with E-state index in [0.717, 1.165) is 22.2 Å². The first-order valence-corrected chi connectivity index (χ1v) is 7.42. The molecular formula is C12H15Cl2NS. The van der Waals surface area contributed by atoms with E-state index in [-0.39, 0.29) is 0 Å². The first-order chi connectivity index (χ1) is 7.75. The zero-order valence-electron chi connectivity index (χ0n) is 9.01. The Kier molecular flexibility index (Phi) is 4.83. The lowest BCUT2D eigenvalue weighted by Gasteiger charge is -2.22. The van der Waals surface area contributed by atoms with Gasteiger partial charge in [0.15, 0.2) is 0 Å². The minimum Gasteiger partial charge on any atom is -0.310 e. The van der Waals surface area contributed by atoms with Crippen LogP contribution in [0.1, 0.15) is 18.4 Å². The fourth-order valence-corrected chi connectivity index (χ4v) is 3.32. The summed E-state index contributed by atoms with van der Waals surface area (Å²) in [5.74, 6) is 2.53. The lowest BCUT2D eigenvalue weighted by atomic mass is 10.1. The van der Waals surface area contributed by atoms with E-state index in [1.54, 1.807) is 0 Å². The topological polar surface area (TPSA) is 12.0 Å². The summed E-state index contributed by atoms with van der Waals surface area (Å²) in [6.07, 6.45) is 2.51. The molecule has 4 heteroatoms. The van der Waals surface area contributed by atoms with Crippen molar-refractivity contribution in [3.8, 4) is 0 Å². The second kappa shape index (κ2) is 6.15. The minimum absolute atomic E-state index is 0.635. The molecule has 0 aromatic heterocycles. The van der Waals surface area contributed by atoms with Crippen LogP contribution >= 0.6 is 35.0 Å². The van der Waals surface area contributed by atoms with Crippen LogP contribution < -0.4 is 5.32 Å². The van der Waals surface area contributed by atoms with Crippen molar-refractivity contribution < 1.29 is 0 Å². The van der Waals surface area contributed by atoms with Gasteiger partial charge in [0, 0.05) is 22.6 Å². The molecule has 1 aromatic carbocycles. The first kappa shape index (κ1) is 12.6. The molecule has 1 heterocycles. The lowest BCUT2D eigenvalue weighted by molar-refractivity contribution is 0.482. The van der Waals surface area contributed by atoms with Crippen LogP contribution in [0.25, 0.3) is 0 Å². The van der Waals surface area contributed by atoms with Gasteiger partial charge in [-0.3, -0.25) is 0 Å². The van der Waals surface area contributed by atoms with Crippen molar-refractivity contribution in [1.82, 2.24) is 5.32 Å². The quantitative estimate of drug-likeness (QED) is 0.896. The number of hydrogen-bond donors (Lipinski definition) is 1. The molecule has 0 atom stereocenters. The van der Waals surface area contributed by atoms with E-state index in [4.69, 9.17) is 23.2 Å². The van der Waals surface area contributed by atoms with Crippen LogP contribution in [0, 0.1) is 0 Å². The third kappa shape index (κ3) is 3.56. The number of benzene rings is 1. The van der Waals surface area contributed by atoms with Crippen molar-refractivity contribution in [3.63, 3.8) is 0 Å². The van der Waals surface area contributed by atoms with E-state index in [0.29, 0.717) is 6.04 Å². The molecule has 1 nitrogen and oxygen atoms in total. The molecule has 0 radical (unpaired) electrons. The van der Waals surface area contributed by atoms with E-state index in [9.17, 15) is 0 Å². The van der Waals surface area contributed by atoms with Crippen LogP contribution in [0.2, 0.25) is 10.0 Å². The molecule has 1 aliphatic heterocycles. The van der Waals surface area contributed by atoms with E-state index in [1.807, 2.05) is 30.0 Å². The summed E-state index contributed by atoms with van der Waals surface area (Å²) in [5, 5.41) is 5.09. The molecule has 0 amide bonds. The van der Waals surface area contributed by atoms with E-state index in [2.05, 4.69) is 5.32 Å². The van der Waals surface area contributed by atoms with Gasteiger partial charge in [0.25, 0.3) is 0 Å². The van der Waals surface area contributed by atoms with Gasteiger partial charge in [0.2, 0.25) is 0 Å². The Morgan fingerprint density at radius 3 is 2.75 bits per heavy atom. The molecule has 0 spiro atoms. The molecule has 88 valence electrons. The fraction of sp³-hybridized carbons (Fsp3) is 0.500. The Labute approximate surface area is 111 Å². The summed E-state index contributed by atoms with van der Waals surface area (Å²) in [6.45, 7) is 0.814. The van der Waals surface area contributed by atoms with Crippen LogP contribution in [-0.2, 0) is 6.54 Å². The third-order valence-electron chi connectivity index (χ3n) is 2.81. The number of thioether (sulfide) groups is 1. The van der Waals surface area contributed by atoms with Gasteiger partial charge in [-0.15, -0.1) is 0 Å². The Bertz CT molecular complexity index is 351. The molecular weight excluding hydrogens is 261 g/mol. The molecule has 1 fully saturated rings. The summed E-state index contributed by atoms with van der Waals surface area (Å²) in [4.78, 5) is 0. The zero-order chi connectivity index (χ0) is 11.4. The second-order valence-corrected chi connectivity index (χ2v) is 6.07. The molecule has 2 rings (SSSR count). The Morgan fingerprint density at radius 2 is 2.00 bits per heavy atom. The number of halogens is 2. The maximum absolute atomic E-state index is 6.11. The average Bonchev–Trinajstić information content (AvgIpc) is 2.32. The number of nitrogens with one attached hydrogen (secondary N) is 1. The van der Waals surface area contributed by atoms with Gasteiger partial charge in [-0.25, -0.2) is 0 Å². The summed E-state index contributed by atoms with van der Waals surface area (Å²) in [6, 6.07) is 6.26. The molecule has 16 heavy (non-hydrogen) atoms. The van der Waals surface area contributed by atoms with Crippen molar-refractivity contribution >= 4 is 35.0 Å². The molecule has 1 aliphatic rings. The second-order valence-electron chi connectivity index (χ2n) is 4.00. The Hall–Kier alpha value is 0.110. The number of hydrogen-bond acceptors (Lipinski definition) is 2. The highest BCUT2D eigenvalue weighted by Gasteiger charge is 2.13. The van der Waals surface area contributed by atoms with Gasteiger partial charge >= 0.3 is 0 Å². The van der Waals surface area contributed by atoms with Crippen LogP contribution in [0.3, 0.4) is 0 Å². The zero-order valence-corrected chi connectivity index (χ0v) is 11.3. The van der Waals surface area contributed by atoms with Crippen LogP contribution in [0.5, 0.6) is 0 Å². The van der Waals surface area contributed by atoms with Crippen LogP contribution in [0.15, 0.2) is 18.2 Å². The van der Waals surface area contributed by atoms with E-state index in [1.165, 1.54) is 24.3 Å². The predicted molar refractivity (Wildman–Crippen MR) is 73.6 cm³/mol. The van der Waals surface area contributed by atoms with Crippen LogP contribution in [-0.4, -0.2) is 17.5 Å². The van der Waals surface area contributed by atoms with E-state index >= 15 is 0 Å². The maximum atomic E-state index is 6.11. The van der Waals surface area contributed by atoms with Crippen molar-refractivity contribution in [2.24, 2.45) is 0 Å². The van der Waals surface area contributed by atoms with Gasteiger partial charge in [0.1, 0.15) is 0 Å². The first-order valence-electron chi connectivity index (χ1n) is 5.51. The Morgan fingerprint density at radius 1 is 1.25 bits per heavy atom. The fourth-order valence-electron chi connectivity index (χ4n) is 1.83. The SMILES string of the molecule is Clc1ccc(Cl)c(CNC2CCSCC2)c1. The molecule has 0 saturated carbocycles. The molecule has 0 aliphatic carbocycles. The van der Waals surface area contributed by atoms with Crippen molar-refractivity contribution in [2.75, 3.05) is 11.5 Å². The molecule has 0 bridgehead atoms. The highest BCUT2D eigenvalue weighted by Crippen LogP contribution is 2.22. The molecule has 1 saturated heterocycles. The highest BCUT2D eigenvalue weighted by atomic mass is 35.5. The molecule has 0 unspecified atom stereocenters. The standard InChI is InChI=1S/C12H15Cl2NS/c13-10-1-2-12(14)9(7-10)8-15-11-3-5-16-6-4-11/h1-2,7,11,15H,3-6,8H2. The molecule has 1 aromatic rings. The van der Waals surface area contributed by atoms with E-state index < -0.39 is 0 Å². The van der Waals surface area contributed by atoms with Gasteiger partial charge in [-0.2, -0.15) is 11.8 Å². The van der Waals surface area contributed by atoms with Gasteiger partial charge < -0.3 is 5.32 Å². The monoisotopic (exact) mass is 275 g/mol. The summed E-state index contributed by atoms with van der Waals surface area (Å²) in [7, 11) is 0. The highest BCUT2D eigenvalue weighted by molar-refractivity contribution is 7.99. The lowest BCUT2D eigenvalue weighted by Crippen LogP contribution is -2.32. The predicted octanol–water partition coefficient (Wildman–Crippen LogP) is 3.98. The van der Waals surface area contributed by atoms with Crippen molar-refractivity contribution in [1.29, 1.82) is 0 Å². The number of rotatable bonds is 3. The maximum Gasteiger partial charge on any atom is 0.0451 e. The summed E-state index contributed by atoms with van der Waals surface area (Å²) >= 11 is 14.1. The minimum atomic E-state index is 0.635. The normalized spacial score (nSPS) is 17.6. The largest absolute Gasteiger partial charge is 0.310 e. The van der Waals surface area contributed by atoms with Crippen LogP contribution in [0.4, 0.5) is 0 Å². The third-order valence-corrected chi connectivity index (χ3v) is 4.46. The van der Waals surface area contributed by atoms with Gasteiger partial charge in [-0.05, 0) is 48.1 Å². The summed E-state index contributed by atoms with van der Waals surface area (Å²) < 4.78 is 0. The molecule has 1 N–H and O–H groups in total. The Balaban J connectivity index is 1.90. The smallest absolute Gasteiger partial charge is 0.0451 e. The van der Waals surface area contributed by atoms with Gasteiger partial charge in [-0.1, -0.05) is 23.2 Å². The summed E-state index contributed by atoms with van der Waals surface area (Å²) in [5.41, 5.74) is 1.09.